The van der Waals surface area contributed by atoms with E-state index in [0.29, 0.717) is 18.0 Å². The lowest BCUT2D eigenvalue weighted by atomic mass is 10.1. The van der Waals surface area contributed by atoms with Crippen LogP contribution in [0, 0.1) is 10.1 Å². The maximum absolute atomic E-state index is 12.8. The Morgan fingerprint density at radius 1 is 1.31 bits per heavy atom. The number of anilines is 1. The Bertz CT molecular complexity index is 1110. The molecule has 0 saturated carbocycles. The third kappa shape index (κ3) is 5.12. The summed E-state index contributed by atoms with van der Waals surface area (Å²) in [6.07, 6.45) is 2.40. The summed E-state index contributed by atoms with van der Waals surface area (Å²) in [5.74, 6) is 0.462. The number of rotatable bonds is 10. The normalized spacial score (nSPS) is 11.8. The third-order valence-electron chi connectivity index (χ3n) is 4.92. The summed E-state index contributed by atoms with van der Waals surface area (Å²) in [7, 11) is 1.68. The summed E-state index contributed by atoms with van der Waals surface area (Å²) >= 11 is 0. The Balaban J connectivity index is 2.02. The molecular weight excluding hydrogens is 412 g/mol. The van der Waals surface area contributed by atoms with Crippen molar-refractivity contribution in [1.29, 1.82) is 0 Å². The molecule has 9 heteroatoms. The molecule has 1 N–H and O–H groups in total. The van der Waals surface area contributed by atoms with Crippen LogP contribution in [0.1, 0.15) is 35.6 Å². The number of carbonyl (C=O) groups is 1. The minimum atomic E-state index is -0.734. The van der Waals surface area contributed by atoms with Crippen LogP contribution in [-0.2, 0) is 13.6 Å². The molecule has 0 bridgehead atoms. The second-order valence-corrected chi connectivity index (χ2v) is 7.42. The van der Waals surface area contributed by atoms with Crippen LogP contribution < -0.4 is 9.64 Å². The lowest BCUT2D eigenvalue weighted by molar-refractivity contribution is -0.384. The first-order chi connectivity index (χ1) is 15.3. The maximum atomic E-state index is 12.8. The van der Waals surface area contributed by atoms with Gasteiger partial charge in [-0.05, 0) is 32.0 Å². The Hall–Kier alpha value is -3.72. The molecule has 2 aromatic carbocycles. The van der Waals surface area contributed by atoms with Crippen molar-refractivity contribution >= 4 is 17.2 Å². The molecule has 1 atom stereocenters. The van der Waals surface area contributed by atoms with Crippen LogP contribution >= 0.6 is 0 Å². The van der Waals surface area contributed by atoms with Crippen molar-refractivity contribution in [2.75, 3.05) is 18.1 Å². The molecule has 3 aromatic rings. The molecule has 0 unspecified atom stereocenters. The van der Waals surface area contributed by atoms with Crippen molar-refractivity contribution in [3.8, 4) is 5.75 Å². The van der Waals surface area contributed by atoms with Gasteiger partial charge in [-0.2, -0.15) is 0 Å². The average molecular weight is 438 g/mol. The zero-order chi connectivity index (χ0) is 23.3. The molecule has 1 aromatic heterocycles. The van der Waals surface area contributed by atoms with Gasteiger partial charge in [-0.1, -0.05) is 18.2 Å². The Morgan fingerprint density at radius 2 is 2.06 bits per heavy atom. The predicted octanol–water partition coefficient (Wildman–Crippen LogP) is 3.35. The van der Waals surface area contributed by atoms with Gasteiger partial charge in [0.25, 0.3) is 5.69 Å². The van der Waals surface area contributed by atoms with Gasteiger partial charge in [-0.15, -0.1) is 0 Å². The number of hydrogen-bond acceptors (Lipinski definition) is 7. The highest BCUT2D eigenvalue weighted by molar-refractivity contribution is 6.07. The first-order valence-corrected chi connectivity index (χ1v) is 10.3. The summed E-state index contributed by atoms with van der Waals surface area (Å²) in [5.41, 5.74) is 1.08. The summed E-state index contributed by atoms with van der Waals surface area (Å²) in [5, 5.41) is 22.0. The number of benzene rings is 2. The number of nitro groups is 1. The number of aromatic nitrogens is 2. The lowest BCUT2D eigenvalue weighted by Crippen LogP contribution is -2.31. The van der Waals surface area contributed by atoms with Gasteiger partial charge in [-0.3, -0.25) is 14.9 Å². The largest absolute Gasteiger partial charge is 0.494 e. The van der Waals surface area contributed by atoms with E-state index in [0.717, 1.165) is 5.56 Å². The van der Waals surface area contributed by atoms with Gasteiger partial charge in [0.1, 0.15) is 11.4 Å². The monoisotopic (exact) mass is 438 g/mol. The Kier molecular flexibility index (Phi) is 7.21. The number of aliphatic hydroxyl groups is 1. The third-order valence-corrected chi connectivity index (χ3v) is 4.92. The number of nitro benzene ring substituents is 1. The zero-order valence-electron chi connectivity index (χ0n) is 18.3. The highest BCUT2D eigenvalue weighted by Crippen LogP contribution is 2.32. The Labute approximate surface area is 186 Å². The number of carbonyl (C=O) groups excluding carboxylic acids is 1. The number of hydrogen-bond donors (Lipinski definition) is 1. The molecule has 1 heterocycles. The summed E-state index contributed by atoms with van der Waals surface area (Å²) in [6, 6.07) is 11.8. The first-order valence-electron chi connectivity index (χ1n) is 10.3. The van der Waals surface area contributed by atoms with Gasteiger partial charge < -0.3 is 19.3 Å². The zero-order valence-corrected chi connectivity index (χ0v) is 18.3. The van der Waals surface area contributed by atoms with Crippen LogP contribution in [0.4, 0.5) is 11.4 Å². The minimum Gasteiger partial charge on any atom is -0.494 e. The highest BCUT2D eigenvalue weighted by Gasteiger charge is 2.25. The molecular formula is C23H26N4O5. The lowest BCUT2D eigenvalue weighted by Gasteiger charge is -2.27. The van der Waals surface area contributed by atoms with Crippen molar-refractivity contribution in [3.05, 3.63) is 81.9 Å². The van der Waals surface area contributed by atoms with Crippen LogP contribution in [0.2, 0.25) is 0 Å². The molecule has 0 saturated heterocycles. The van der Waals surface area contributed by atoms with Crippen LogP contribution in [0.25, 0.3) is 0 Å². The molecule has 0 spiro atoms. The molecule has 3 rings (SSSR count). The van der Waals surface area contributed by atoms with Gasteiger partial charge in [0.15, 0.2) is 5.82 Å². The Morgan fingerprint density at radius 3 is 2.69 bits per heavy atom. The van der Waals surface area contributed by atoms with Gasteiger partial charge in [0, 0.05) is 49.7 Å². The molecule has 0 radical (unpaired) electrons. The molecule has 0 fully saturated rings. The van der Waals surface area contributed by atoms with Gasteiger partial charge in [0.2, 0.25) is 5.78 Å². The van der Waals surface area contributed by atoms with E-state index in [9.17, 15) is 20.0 Å². The summed E-state index contributed by atoms with van der Waals surface area (Å²) < 4.78 is 7.24. The fourth-order valence-electron chi connectivity index (χ4n) is 3.50. The fourth-order valence-corrected chi connectivity index (χ4v) is 3.50. The second-order valence-electron chi connectivity index (χ2n) is 7.42. The van der Waals surface area contributed by atoms with E-state index < -0.39 is 16.8 Å². The number of imidazole rings is 1. The van der Waals surface area contributed by atoms with E-state index >= 15 is 0 Å². The van der Waals surface area contributed by atoms with E-state index in [-0.39, 0.29) is 30.2 Å². The molecule has 0 aliphatic heterocycles. The van der Waals surface area contributed by atoms with Crippen LogP contribution in [0.5, 0.6) is 5.75 Å². The van der Waals surface area contributed by atoms with E-state index in [2.05, 4.69) is 4.98 Å². The number of nitrogens with zero attached hydrogens (tertiary/aromatic N) is 4. The van der Waals surface area contributed by atoms with E-state index in [1.165, 1.54) is 12.3 Å². The van der Waals surface area contributed by atoms with Crippen LogP contribution in [0.3, 0.4) is 0 Å². The van der Waals surface area contributed by atoms with Crippen molar-refractivity contribution in [2.24, 2.45) is 7.05 Å². The molecule has 32 heavy (non-hydrogen) atoms. The average Bonchev–Trinajstić information content (AvgIpc) is 3.19. The smallest absolute Gasteiger partial charge is 0.293 e. The minimum absolute atomic E-state index is 0.161. The highest BCUT2D eigenvalue weighted by atomic mass is 16.6. The van der Waals surface area contributed by atoms with E-state index in [1.807, 2.05) is 31.2 Å². The van der Waals surface area contributed by atoms with Gasteiger partial charge >= 0.3 is 0 Å². The number of ether oxygens (including phenoxy) is 1. The maximum Gasteiger partial charge on any atom is 0.293 e. The van der Waals surface area contributed by atoms with Crippen molar-refractivity contribution < 1.29 is 19.6 Å². The number of aryl methyl sites for hydroxylation is 1. The van der Waals surface area contributed by atoms with Crippen molar-refractivity contribution in [1.82, 2.24) is 9.55 Å². The van der Waals surface area contributed by atoms with E-state index in [1.54, 1.807) is 41.8 Å². The number of para-hydroxylation sites is 1. The SMILES string of the molecule is CCOc1ccccc1CN(C[C@H](C)O)c1ccc(C(=O)c2nccn2C)cc1[N+](=O)[O-]. The van der Waals surface area contributed by atoms with Crippen LogP contribution in [0.15, 0.2) is 54.9 Å². The van der Waals surface area contributed by atoms with Crippen molar-refractivity contribution in [2.45, 2.75) is 26.5 Å². The van der Waals surface area contributed by atoms with Gasteiger partial charge in [-0.25, -0.2) is 4.98 Å². The summed E-state index contributed by atoms with van der Waals surface area (Å²) in [6.45, 7) is 4.43. The number of ketones is 1. The molecule has 0 aliphatic carbocycles. The topological polar surface area (TPSA) is 111 Å². The number of aliphatic hydroxyl groups excluding tert-OH is 1. The molecule has 168 valence electrons. The van der Waals surface area contributed by atoms with Crippen LogP contribution in [-0.4, -0.2) is 44.6 Å². The molecule has 0 aliphatic rings. The van der Waals surface area contributed by atoms with E-state index in [4.69, 9.17) is 4.74 Å². The second kappa shape index (κ2) is 10.1. The van der Waals surface area contributed by atoms with Gasteiger partial charge in [0.05, 0.1) is 17.6 Å². The fraction of sp³-hybridized carbons (Fsp3) is 0.304. The first kappa shape index (κ1) is 23.0. The summed E-state index contributed by atoms with van der Waals surface area (Å²) in [4.78, 5) is 29.9. The van der Waals surface area contributed by atoms with Crippen molar-refractivity contribution in [3.63, 3.8) is 0 Å². The molecule has 9 nitrogen and oxygen atoms in total. The quantitative estimate of drug-likeness (QED) is 0.294. The standard InChI is InChI=1S/C23H26N4O5/c1-4-32-21-8-6-5-7-18(21)15-26(14-16(2)28)19-10-9-17(13-20(19)27(30)31)22(29)23-24-11-12-25(23)3/h5-13,16,28H,4,14-15H2,1-3H3/t16-/m0/s1. The predicted molar refractivity (Wildman–Crippen MR) is 120 cm³/mol. The molecule has 0 amide bonds.